The van der Waals surface area contributed by atoms with E-state index in [1.807, 2.05) is 0 Å². The summed E-state index contributed by atoms with van der Waals surface area (Å²) >= 11 is 0. The van der Waals surface area contributed by atoms with Gasteiger partial charge in [-0.05, 0) is 6.42 Å². The molecule has 0 aliphatic carbocycles. The molecule has 6 heteroatoms. The van der Waals surface area contributed by atoms with Crippen molar-refractivity contribution in [2.45, 2.75) is 82.5 Å². The number of alkyl halides is 3. The molecular formula is C13H23F3O3. The molecule has 0 aromatic heterocycles. The van der Waals surface area contributed by atoms with Crippen molar-refractivity contribution in [3.05, 3.63) is 0 Å². The Kier molecular flexibility index (Phi) is 6.56. The molecule has 0 bridgehead atoms. The topological polar surface area (TPSA) is 49.7 Å². The number of halogens is 3. The first-order valence-electron chi connectivity index (χ1n) is 6.94. The highest BCUT2D eigenvalue weighted by molar-refractivity contribution is 4.88. The van der Waals surface area contributed by atoms with Gasteiger partial charge in [-0.1, -0.05) is 39.0 Å². The lowest BCUT2D eigenvalue weighted by Crippen LogP contribution is -2.52. The van der Waals surface area contributed by atoms with Gasteiger partial charge in [0.05, 0.1) is 12.2 Å². The Bertz CT molecular complexity index is 258. The SMILES string of the molecule is CCCCCCC[C@H]1O[C@@H](C(F)(F)F)C[C@H](O)[C@@H]1O. The number of hydrogen-bond donors (Lipinski definition) is 2. The number of aliphatic hydroxyl groups is 2. The summed E-state index contributed by atoms with van der Waals surface area (Å²) in [4.78, 5) is 0. The van der Waals surface area contributed by atoms with Gasteiger partial charge in [0.25, 0.3) is 0 Å². The highest BCUT2D eigenvalue weighted by Crippen LogP contribution is 2.33. The molecular weight excluding hydrogens is 261 g/mol. The molecule has 0 radical (unpaired) electrons. The lowest BCUT2D eigenvalue weighted by molar-refractivity contribution is -0.277. The zero-order valence-electron chi connectivity index (χ0n) is 11.2. The summed E-state index contributed by atoms with van der Waals surface area (Å²) in [6.45, 7) is 2.08. The minimum absolute atomic E-state index is 0.356. The summed E-state index contributed by atoms with van der Waals surface area (Å²) in [5.74, 6) is 0. The van der Waals surface area contributed by atoms with Crippen molar-refractivity contribution in [1.29, 1.82) is 0 Å². The van der Waals surface area contributed by atoms with Gasteiger partial charge in [-0.2, -0.15) is 13.2 Å². The van der Waals surface area contributed by atoms with Gasteiger partial charge in [0.2, 0.25) is 0 Å². The first-order chi connectivity index (χ1) is 8.86. The van der Waals surface area contributed by atoms with Crippen molar-refractivity contribution in [1.82, 2.24) is 0 Å². The van der Waals surface area contributed by atoms with E-state index in [1.165, 1.54) is 0 Å². The number of rotatable bonds is 6. The fourth-order valence-corrected chi connectivity index (χ4v) is 2.35. The Morgan fingerprint density at radius 2 is 1.74 bits per heavy atom. The van der Waals surface area contributed by atoms with Crippen LogP contribution in [0.5, 0.6) is 0 Å². The standard InChI is InChI=1S/C13H23F3O3/c1-2-3-4-5-6-7-10-12(18)9(17)8-11(19-10)13(14,15)16/h9-12,17-18H,2-8H2,1H3/t9-,10+,11+,12-/m0/s1. The van der Waals surface area contributed by atoms with Crippen molar-refractivity contribution >= 4 is 0 Å². The molecule has 0 aromatic carbocycles. The highest BCUT2D eigenvalue weighted by Gasteiger charge is 2.48. The van der Waals surface area contributed by atoms with Gasteiger partial charge >= 0.3 is 6.18 Å². The first-order valence-corrected chi connectivity index (χ1v) is 6.94. The molecule has 0 aromatic rings. The van der Waals surface area contributed by atoms with Crippen LogP contribution in [0.2, 0.25) is 0 Å². The normalized spacial score (nSPS) is 32.5. The molecule has 3 nitrogen and oxygen atoms in total. The quantitative estimate of drug-likeness (QED) is 0.737. The van der Waals surface area contributed by atoms with E-state index in [2.05, 4.69) is 6.92 Å². The van der Waals surface area contributed by atoms with Crippen LogP contribution in [0.3, 0.4) is 0 Å². The van der Waals surface area contributed by atoms with Crippen molar-refractivity contribution in [3.63, 3.8) is 0 Å². The van der Waals surface area contributed by atoms with Gasteiger partial charge in [0, 0.05) is 6.42 Å². The molecule has 114 valence electrons. The highest BCUT2D eigenvalue weighted by atomic mass is 19.4. The third-order valence-corrected chi connectivity index (χ3v) is 3.53. The lowest BCUT2D eigenvalue weighted by Gasteiger charge is -2.38. The van der Waals surface area contributed by atoms with Crippen LogP contribution in [0.15, 0.2) is 0 Å². The molecule has 1 heterocycles. The number of unbranched alkanes of at least 4 members (excludes halogenated alkanes) is 4. The number of aliphatic hydroxyl groups excluding tert-OH is 2. The fraction of sp³-hybridized carbons (Fsp3) is 1.00. The maximum absolute atomic E-state index is 12.6. The molecule has 1 rings (SSSR count). The van der Waals surface area contributed by atoms with Crippen LogP contribution in [0.1, 0.15) is 51.9 Å². The van der Waals surface area contributed by atoms with E-state index < -0.39 is 37.0 Å². The second-order valence-corrected chi connectivity index (χ2v) is 5.20. The molecule has 19 heavy (non-hydrogen) atoms. The van der Waals surface area contributed by atoms with E-state index in [9.17, 15) is 23.4 Å². The van der Waals surface area contributed by atoms with Crippen molar-refractivity contribution in [2.75, 3.05) is 0 Å². The Morgan fingerprint density at radius 3 is 2.32 bits per heavy atom. The molecule has 1 aliphatic rings. The minimum atomic E-state index is -4.48. The summed E-state index contributed by atoms with van der Waals surface area (Å²) in [6.07, 6.45) is -5.34. The summed E-state index contributed by atoms with van der Waals surface area (Å²) in [5.41, 5.74) is 0. The largest absolute Gasteiger partial charge is 0.414 e. The molecule has 0 saturated carbocycles. The van der Waals surface area contributed by atoms with E-state index in [0.29, 0.717) is 12.8 Å². The van der Waals surface area contributed by atoms with Crippen molar-refractivity contribution < 1.29 is 28.1 Å². The molecule has 1 fully saturated rings. The summed E-state index contributed by atoms with van der Waals surface area (Å²) in [6, 6.07) is 0. The third-order valence-electron chi connectivity index (χ3n) is 3.53. The first kappa shape index (κ1) is 16.7. The van der Waals surface area contributed by atoms with Crippen LogP contribution in [0.4, 0.5) is 13.2 Å². The predicted octanol–water partition coefficient (Wildman–Crippen LogP) is 2.79. The van der Waals surface area contributed by atoms with E-state index in [-0.39, 0.29) is 0 Å². The number of hydrogen-bond acceptors (Lipinski definition) is 3. The van der Waals surface area contributed by atoms with Gasteiger partial charge < -0.3 is 14.9 Å². The molecule has 0 amide bonds. The summed E-state index contributed by atoms with van der Waals surface area (Å²) in [7, 11) is 0. The third kappa shape index (κ3) is 5.28. The molecule has 0 spiro atoms. The van der Waals surface area contributed by atoms with Gasteiger partial charge in [-0.3, -0.25) is 0 Å². The van der Waals surface area contributed by atoms with E-state index in [4.69, 9.17) is 4.74 Å². The minimum Gasteiger partial charge on any atom is -0.390 e. The van der Waals surface area contributed by atoms with Crippen LogP contribution in [0.25, 0.3) is 0 Å². The Balaban J connectivity index is 2.41. The zero-order valence-corrected chi connectivity index (χ0v) is 11.2. The zero-order chi connectivity index (χ0) is 14.5. The monoisotopic (exact) mass is 284 g/mol. The van der Waals surface area contributed by atoms with E-state index in [0.717, 1.165) is 25.7 Å². The smallest absolute Gasteiger partial charge is 0.390 e. The predicted molar refractivity (Wildman–Crippen MR) is 64.7 cm³/mol. The average Bonchev–Trinajstić information content (AvgIpc) is 2.32. The molecule has 4 atom stereocenters. The van der Waals surface area contributed by atoms with E-state index >= 15 is 0 Å². The van der Waals surface area contributed by atoms with Gasteiger partial charge in [-0.15, -0.1) is 0 Å². The maximum atomic E-state index is 12.6. The van der Waals surface area contributed by atoms with Crippen LogP contribution >= 0.6 is 0 Å². The molecule has 0 unspecified atom stereocenters. The maximum Gasteiger partial charge on any atom is 0.414 e. The Labute approximate surface area is 111 Å². The van der Waals surface area contributed by atoms with Crippen LogP contribution in [-0.4, -0.2) is 40.8 Å². The van der Waals surface area contributed by atoms with Crippen molar-refractivity contribution in [2.24, 2.45) is 0 Å². The fourth-order valence-electron chi connectivity index (χ4n) is 2.35. The van der Waals surface area contributed by atoms with Gasteiger partial charge in [0.1, 0.15) is 6.10 Å². The summed E-state index contributed by atoms with van der Waals surface area (Å²) in [5, 5.41) is 19.2. The van der Waals surface area contributed by atoms with Crippen molar-refractivity contribution in [3.8, 4) is 0 Å². The van der Waals surface area contributed by atoms with Crippen LogP contribution < -0.4 is 0 Å². The van der Waals surface area contributed by atoms with Gasteiger partial charge in [0.15, 0.2) is 6.10 Å². The van der Waals surface area contributed by atoms with E-state index in [1.54, 1.807) is 0 Å². The average molecular weight is 284 g/mol. The second-order valence-electron chi connectivity index (χ2n) is 5.20. The van der Waals surface area contributed by atoms with Crippen LogP contribution in [0, 0.1) is 0 Å². The molecule has 1 aliphatic heterocycles. The summed E-state index contributed by atoms with van der Waals surface area (Å²) < 4.78 is 42.7. The lowest BCUT2D eigenvalue weighted by atomic mass is 9.94. The van der Waals surface area contributed by atoms with Gasteiger partial charge in [-0.25, -0.2) is 0 Å². The second kappa shape index (κ2) is 7.45. The Morgan fingerprint density at radius 1 is 1.11 bits per heavy atom. The number of ether oxygens (including phenoxy) is 1. The molecule has 2 N–H and O–H groups in total. The van der Waals surface area contributed by atoms with Crippen LogP contribution in [-0.2, 0) is 4.74 Å². The molecule has 1 saturated heterocycles. The Hall–Kier alpha value is -0.330.